The molecule has 0 saturated heterocycles. The van der Waals surface area contributed by atoms with Gasteiger partial charge in [0.15, 0.2) is 0 Å². The molecule has 1 aromatic rings. The number of oxime groups is 1. The Morgan fingerprint density at radius 2 is 2.45 bits per heavy atom. The summed E-state index contributed by atoms with van der Waals surface area (Å²) >= 11 is 0. The molecule has 0 unspecified atom stereocenters. The summed E-state index contributed by atoms with van der Waals surface area (Å²) in [5.74, 6) is 0. The number of hydrogen-bond acceptors (Lipinski definition) is 2. The van der Waals surface area contributed by atoms with Gasteiger partial charge in [-0.05, 0) is 30.2 Å². The summed E-state index contributed by atoms with van der Waals surface area (Å²) in [6.45, 7) is 2.02. The lowest BCUT2D eigenvalue weighted by atomic mass is 10.1. The fourth-order valence-corrected chi connectivity index (χ4v) is 0.770. The summed E-state index contributed by atoms with van der Waals surface area (Å²) in [4.78, 5) is 4.56. The highest BCUT2D eigenvalue weighted by Crippen LogP contribution is 2.02. The highest BCUT2D eigenvalue weighted by atomic mass is 16.6. The van der Waals surface area contributed by atoms with Crippen LogP contribution in [-0.2, 0) is 4.84 Å². The smallest absolute Gasteiger partial charge is 0.106 e. The molecule has 0 atom stereocenters. The van der Waals surface area contributed by atoms with Crippen molar-refractivity contribution in [2.75, 3.05) is 7.11 Å². The summed E-state index contributed by atoms with van der Waals surface area (Å²) in [7, 11) is 1.53. The van der Waals surface area contributed by atoms with Gasteiger partial charge in [0.05, 0.1) is 6.21 Å². The Morgan fingerprint density at radius 1 is 1.64 bits per heavy atom. The average molecular weight is 148 g/mol. The van der Waals surface area contributed by atoms with E-state index in [1.807, 2.05) is 25.1 Å². The molecule has 0 bridgehead atoms. The first kappa shape index (κ1) is 7.79. The summed E-state index contributed by atoms with van der Waals surface area (Å²) in [6.07, 6.45) is 1.67. The molecule has 57 valence electrons. The molecule has 0 aliphatic rings. The van der Waals surface area contributed by atoms with Gasteiger partial charge < -0.3 is 4.84 Å². The molecule has 1 aromatic carbocycles. The number of rotatable bonds is 2. The molecule has 2 nitrogen and oxygen atoms in total. The van der Waals surface area contributed by atoms with E-state index in [0.717, 1.165) is 5.56 Å². The zero-order valence-corrected chi connectivity index (χ0v) is 6.66. The molecule has 0 heterocycles. The molecule has 0 aliphatic heterocycles. The van der Waals surface area contributed by atoms with Gasteiger partial charge in [0.2, 0.25) is 0 Å². The molecule has 0 saturated carbocycles. The van der Waals surface area contributed by atoms with Crippen molar-refractivity contribution >= 4 is 6.21 Å². The molecule has 2 heteroatoms. The van der Waals surface area contributed by atoms with E-state index >= 15 is 0 Å². The predicted octanol–water partition coefficient (Wildman–Crippen LogP) is 1.78. The maximum atomic E-state index is 4.56. The molecule has 1 radical (unpaired) electrons. The first-order valence-corrected chi connectivity index (χ1v) is 3.38. The Hall–Kier alpha value is -1.31. The molecule has 0 amide bonds. The Bertz CT molecular complexity index is 255. The van der Waals surface area contributed by atoms with Crippen LogP contribution in [0.1, 0.15) is 11.1 Å². The summed E-state index contributed by atoms with van der Waals surface area (Å²) in [6, 6.07) is 8.69. The second kappa shape index (κ2) is 3.76. The number of aryl methyl sites for hydroxylation is 1. The molecular formula is C9H10NO. The molecule has 0 aromatic heterocycles. The third-order valence-corrected chi connectivity index (χ3v) is 1.42. The number of benzene rings is 1. The van der Waals surface area contributed by atoms with Crippen molar-refractivity contribution in [1.29, 1.82) is 0 Å². The van der Waals surface area contributed by atoms with E-state index in [9.17, 15) is 0 Å². The van der Waals surface area contributed by atoms with E-state index in [1.54, 1.807) is 6.21 Å². The maximum absolute atomic E-state index is 4.56. The van der Waals surface area contributed by atoms with Crippen LogP contribution in [-0.4, -0.2) is 13.3 Å². The molecule has 1 rings (SSSR count). The topological polar surface area (TPSA) is 21.6 Å². The molecule has 0 aliphatic carbocycles. The van der Waals surface area contributed by atoms with Crippen LogP contribution in [0.4, 0.5) is 0 Å². The molecular weight excluding hydrogens is 138 g/mol. The summed E-state index contributed by atoms with van der Waals surface area (Å²) in [5, 5.41) is 3.66. The van der Waals surface area contributed by atoms with E-state index < -0.39 is 0 Å². The third kappa shape index (κ3) is 2.08. The van der Waals surface area contributed by atoms with Gasteiger partial charge in [-0.3, -0.25) is 0 Å². The summed E-state index contributed by atoms with van der Waals surface area (Å²) in [5.41, 5.74) is 2.21. The van der Waals surface area contributed by atoms with Crippen LogP contribution in [0.15, 0.2) is 23.4 Å². The molecule has 11 heavy (non-hydrogen) atoms. The van der Waals surface area contributed by atoms with Crippen LogP contribution in [0.2, 0.25) is 0 Å². The van der Waals surface area contributed by atoms with Gasteiger partial charge in [-0.25, -0.2) is 0 Å². The monoisotopic (exact) mass is 148 g/mol. The van der Waals surface area contributed by atoms with E-state index in [2.05, 4.69) is 16.1 Å². The van der Waals surface area contributed by atoms with Crippen LogP contribution in [0, 0.1) is 13.0 Å². The van der Waals surface area contributed by atoms with Gasteiger partial charge in [-0.1, -0.05) is 17.3 Å². The van der Waals surface area contributed by atoms with E-state index in [-0.39, 0.29) is 0 Å². The molecule has 0 fully saturated rings. The van der Waals surface area contributed by atoms with Crippen molar-refractivity contribution < 1.29 is 4.84 Å². The van der Waals surface area contributed by atoms with Gasteiger partial charge in [-0.15, -0.1) is 0 Å². The molecule has 0 N–H and O–H groups in total. The van der Waals surface area contributed by atoms with Crippen LogP contribution in [0.3, 0.4) is 0 Å². The van der Waals surface area contributed by atoms with Gasteiger partial charge in [0.1, 0.15) is 7.11 Å². The van der Waals surface area contributed by atoms with Crippen molar-refractivity contribution in [3.8, 4) is 0 Å². The van der Waals surface area contributed by atoms with Gasteiger partial charge in [0.25, 0.3) is 0 Å². The van der Waals surface area contributed by atoms with Crippen LogP contribution >= 0.6 is 0 Å². The van der Waals surface area contributed by atoms with Gasteiger partial charge in [0, 0.05) is 0 Å². The van der Waals surface area contributed by atoms with E-state index in [4.69, 9.17) is 0 Å². The lowest BCUT2D eigenvalue weighted by Crippen LogP contribution is -1.85. The Kier molecular flexibility index (Phi) is 2.66. The highest BCUT2D eigenvalue weighted by Gasteiger charge is 1.90. The Balaban J connectivity index is 2.86. The first-order valence-electron chi connectivity index (χ1n) is 3.38. The standard InChI is InChI=1S/C9H10NO/c1-8-5-3-4-6-9(8)7-10-11-2/h3,5-7H,1-2H3. The minimum Gasteiger partial charge on any atom is -0.399 e. The van der Waals surface area contributed by atoms with E-state index in [1.165, 1.54) is 12.7 Å². The van der Waals surface area contributed by atoms with Crippen LogP contribution < -0.4 is 0 Å². The quantitative estimate of drug-likeness (QED) is 0.462. The zero-order chi connectivity index (χ0) is 8.10. The van der Waals surface area contributed by atoms with Crippen molar-refractivity contribution in [2.24, 2.45) is 5.16 Å². The third-order valence-electron chi connectivity index (χ3n) is 1.42. The SMILES string of the molecule is CON=Cc1c[c]ccc1C. The van der Waals surface area contributed by atoms with E-state index in [0.29, 0.717) is 0 Å². The van der Waals surface area contributed by atoms with Gasteiger partial charge in [-0.2, -0.15) is 0 Å². The second-order valence-electron chi connectivity index (χ2n) is 2.20. The average Bonchev–Trinajstić information content (AvgIpc) is 2.03. The zero-order valence-electron chi connectivity index (χ0n) is 6.66. The van der Waals surface area contributed by atoms with Crippen molar-refractivity contribution in [3.05, 3.63) is 35.4 Å². The van der Waals surface area contributed by atoms with Crippen LogP contribution in [0.5, 0.6) is 0 Å². The lowest BCUT2D eigenvalue weighted by molar-refractivity contribution is 0.215. The number of nitrogens with zero attached hydrogens (tertiary/aromatic N) is 1. The van der Waals surface area contributed by atoms with Gasteiger partial charge >= 0.3 is 0 Å². The Labute approximate surface area is 66.5 Å². The molecule has 0 spiro atoms. The fourth-order valence-electron chi connectivity index (χ4n) is 0.770. The predicted molar refractivity (Wildman–Crippen MR) is 44.6 cm³/mol. The maximum Gasteiger partial charge on any atom is 0.106 e. The summed E-state index contributed by atoms with van der Waals surface area (Å²) < 4.78 is 0. The highest BCUT2D eigenvalue weighted by molar-refractivity contribution is 5.80. The van der Waals surface area contributed by atoms with Crippen molar-refractivity contribution in [1.82, 2.24) is 0 Å². The van der Waals surface area contributed by atoms with Crippen LogP contribution in [0.25, 0.3) is 0 Å². The second-order valence-corrected chi connectivity index (χ2v) is 2.20. The van der Waals surface area contributed by atoms with Crippen molar-refractivity contribution in [2.45, 2.75) is 6.92 Å². The van der Waals surface area contributed by atoms with Crippen molar-refractivity contribution in [3.63, 3.8) is 0 Å². The fraction of sp³-hybridized carbons (Fsp3) is 0.222. The Morgan fingerprint density at radius 3 is 3.09 bits per heavy atom. The minimum absolute atomic E-state index is 1.04. The first-order chi connectivity index (χ1) is 5.34. The lowest BCUT2D eigenvalue weighted by Gasteiger charge is -1.95. The minimum atomic E-state index is 1.04. The normalized spacial score (nSPS) is 10.4. The largest absolute Gasteiger partial charge is 0.399 e. The number of hydrogen-bond donors (Lipinski definition) is 0.